The largest absolute Gasteiger partial charge is 0.331 e. The van der Waals surface area contributed by atoms with Crippen LogP contribution in [0.25, 0.3) is 0 Å². The molecule has 0 aliphatic carbocycles. The molecule has 17 heavy (non-hydrogen) atoms. The Balaban J connectivity index is 2.16. The van der Waals surface area contributed by atoms with E-state index in [2.05, 4.69) is 30.7 Å². The normalized spacial score (nSPS) is 17.8. The van der Waals surface area contributed by atoms with Crippen molar-refractivity contribution in [3.05, 3.63) is 0 Å². The summed E-state index contributed by atoms with van der Waals surface area (Å²) in [5.41, 5.74) is 0. The molecule has 0 atom stereocenters. The lowest BCUT2D eigenvalue weighted by atomic mass is 10.4. The fraction of sp³-hybridized carbons (Fsp3) is 0.917. The highest BCUT2D eigenvalue weighted by molar-refractivity contribution is 8.13. The predicted octanol–water partition coefficient (Wildman–Crippen LogP) is 1.43. The van der Waals surface area contributed by atoms with E-state index in [1.54, 1.807) is 0 Å². The van der Waals surface area contributed by atoms with Crippen molar-refractivity contribution in [3.63, 3.8) is 0 Å². The van der Waals surface area contributed by atoms with Crippen LogP contribution < -0.4 is 0 Å². The van der Waals surface area contributed by atoms with Crippen molar-refractivity contribution in [1.82, 2.24) is 14.7 Å². The van der Waals surface area contributed by atoms with Gasteiger partial charge in [0, 0.05) is 38.5 Å². The van der Waals surface area contributed by atoms with Crippen molar-refractivity contribution in [2.24, 2.45) is 0 Å². The molecule has 1 rings (SSSR count). The summed E-state index contributed by atoms with van der Waals surface area (Å²) < 4.78 is 0. The third-order valence-electron chi connectivity index (χ3n) is 3.29. The van der Waals surface area contributed by atoms with Crippen molar-refractivity contribution < 1.29 is 4.79 Å². The van der Waals surface area contributed by atoms with Crippen LogP contribution in [0.3, 0.4) is 0 Å². The van der Waals surface area contributed by atoms with Gasteiger partial charge in [0.2, 0.25) is 0 Å². The van der Waals surface area contributed by atoms with Crippen molar-refractivity contribution in [2.45, 2.75) is 13.8 Å². The molecular formula is C12H25N3OS. The molecule has 0 aromatic rings. The van der Waals surface area contributed by atoms with Crippen LogP contribution in [-0.2, 0) is 0 Å². The van der Waals surface area contributed by atoms with Crippen LogP contribution in [0, 0.1) is 0 Å². The maximum Gasteiger partial charge on any atom is 0.281 e. The van der Waals surface area contributed by atoms with Gasteiger partial charge in [-0.1, -0.05) is 25.6 Å². The molecule has 1 fully saturated rings. The lowest BCUT2D eigenvalue weighted by molar-refractivity contribution is 0.172. The number of hydrogen-bond donors (Lipinski definition) is 0. The van der Waals surface area contributed by atoms with Crippen LogP contribution in [0.2, 0.25) is 0 Å². The first kappa shape index (κ1) is 14.8. The van der Waals surface area contributed by atoms with E-state index in [-0.39, 0.29) is 5.24 Å². The summed E-state index contributed by atoms with van der Waals surface area (Å²) in [6, 6.07) is 0. The zero-order valence-electron chi connectivity index (χ0n) is 11.3. The number of amides is 1. The molecule has 5 heteroatoms. The molecule has 0 radical (unpaired) electrons. The standard InChI is InChI=1S/C12H25N3OS/c1-4-14(5-2)10-11-17-12(16)15-8-6-13(3)7-9-15/h4-11H2,1-3H3. The van der Waals surface area contributed by atoms with Gasteiger partial charge in [-0.15, -0.1) is 0 Å². The van der Waals surface area contributed by atoms with Gasteiger partial charge in [0.05, 0.1) is 0 Å². The van der Waals surface area contributed by atoms with E-state index in [9.17, 15) is 4.79 Å². The molecule has 0 bridgehead atoms. The molecule has 1 aliphatic rings. The average Bonchev–Trinajstić information content (AvgIpc) is 2.35. The summed E-state index contributed by atoms with van der Waals surface area (Å²) in [5.74, 6) is 0.910. The van der Waals surface area contributed by atoms with Gasteiger partial charge in [0.15, 0.2) is 0 Å². The molecule has 1 saturated heterocycles. The molecule has 0 spiro atoms. The number of hydrogen-bond acceptors (Lipinski definition) is 4. The van der Waals surface area contributed by atoms with Crippen molar-refractivity contribution >= 4 is 17.0 Å². The minimum absolute atomic E-state index is 0.255. The summed E-state index contributed by atoms with van der Waals surface area (Å²) in [5, 5.41) is 0.255. The average molecular weight is 259 g/mol. The highest BCUT2D eigenvalue weighted by Gasteiger charge is 2.19. The van der Waals surface area contributed by atoms with Crippen LogP contribution in [0.4, 0.5) is 4.79 Å². The second-order valence-electron chi connectivity index (χ2n) is 4.43. The Morgan fingerprint density at radius 3 is 2.29 bits per heavy atom. The smallest absolute Gasteiger partial charge is 0.281 e. The highest BCUT2D eigenvalue weighted by Crippen LogP contribution is 2.11. The summed E-state index contributed by atoms with van der Waals surface area (Å²) in [4.78, 5) is 18.5. The monoisotopic (exact) mass is 259 g/mol. The lowest BCUT2D eigenvalue weighted by Crippen LogP contribution is -2.46. The van der Waals surface area contributed by atoms with Crippen LogP contribution in [-0.4, -0.2) is 78.6 Å². The van der Waals surface area contributed by atoms with Gasteiger partial charge in [0.1, 0.15) is 0 Å². The van der Waals surface area contributed by atoms with Gasteiger partial charge in [0.25, 0.3) is 5.24 Å². The van der Waals surface area contributed by atoms with Crippen LogP contribution in [0.1, 0.15) is 13.8 Å². The fourth-order valence-electron chi connectivity index (χ4n) is 1.88. The van der Waals surface area contributed by atoms with E-state index in [0.717, 1.165) is 51.6 Å². The van der Waals surface area contributed by atoms with Gasteiger partial charge in [-0.25, -0.2) is 0 Å². The molecule has 0 unspecified atom stereocenters. The minimum Gasteiger partial charge on any atom is -0.331 e. The Kier molecular flexibility index (Phi) is 6.92. The van der Waals surface area contributed by atoms with Gasteiger partial charge in [-0.2, -0.15) is 0 Å². The summed E-state index contributed by atoms with van der Waals surface area (Å²) in [6.45, 7) is 11.2. The Labute approximate surface area is 109 Å². The van der Waals surface area contributed by atoms with Crippen LogP contribution in [0.5, 0.6) is 0 Å². The van der Waals surface area contributed by atoms with Crippen molar-refractivity contribution in [2.75, 3.05) is 58.6 Å². The van der Waals surface area contributed by atoms with Gasteiger partial charge < -0.3 is 14.7 Å². The SMILES string of the molecule is CCN(CC)CCSC(=O)N1CCN(C)CC1. The molecule has 1 aliphatic heterocycles. The highest BCUT2D eigenvalue weighted by atomic mass is 32.2. The predicted molar refractivity (Wildman–Crippen MR) is 74.7 cm³/mol. The van der Waals surface area contributed by atoms with Crippen LogP contribution >= 0.6 is 11.8 Å². The number of piperazine rings is 1. The maximum absolute atomic E-state index is 11.9. The molecule has 0 aromatic carbocycles. The molecular weight excluding hydrogens is 234 g/mol. The van der Waals surface area contributed by atoms with E-state index >= 15 is 0 Å². The summed E-state index contributed by atoms with van der Waals surface area (Å²) in [7, 11) is 2.11. The molecule has 0 aromatic heterocycles. The van der Waals surface area contributed by atoms with Crippen LogP contribution in [0.15, 0.2) is 0 Å². The van der Waals surface area contributed by atoms with Crippen molar-refractivity contribution in [3.8, 4) is 0 Å². The molecule has 0 saturated carbocycles. The number of likely N-dealkylation sites (N-methyl/N-ethyl adjacent to an activating group) is 1. The Morgan fingerprint density at radius 1 is 1.18 bits per heavy atom. The topological polar surface area (TPSA) is 26.8 Å². The van der Waals surface area contributed by atoms with E-state index in [1.807, 2.05) is 4.90 Å². The maximum atomic E-state index is 11.9. The number of nitrogens with zero attached hydrogens (tertiary/aromatic N) is 3. The first-order chi connectivity index (χ1) is 8.17. The molecule has 4 nitrogen and oxygen atoms in total. The van der Waals surface area contributed by atoms with E-state index in [1.165, 1.54) is 11.8 Å². The second kappa shape index (κ2) is 7.95. The van der Waals surface area contributed by atoms with Crippen molar-refractivity contribution in [1.29, 1.82) is 0 Å². The lowest BCUT2D eigenvalue weighted by Gasteiger charge is -2.32. The molecule has 0 N–H and O–H groups in total. The number of rotatable bonds is 5. The zero-order chi connectivity index (χ0) is 12.7. The van der Waals surface area contributed by atoms with Gasteiger partial charge in [-0.05, 0) is 20.1 Å². The molecule has 1 amide bonds. The van der Waals surface area contributed by atoms with Gasteiger partial charge in [-0.3, -0.25) is 4.79 Å². The number of carbonyl (C=O) groups excluding carboxylic acids is 1. The summed E-state index contributed by atoms with van der Waals surface area (Å²) in [6.07, 6.45) is 0. The number of carbonyl (C=O) groups is 1. The van der Waals surface area contributed by atoms with E-state index in [0.29, 0.717) is 0 Å². The van der Waals surface area contributed by atoms with E-state index < -0.39 is 0 Å². The number of thioether (sulfide) groups is 1. The molecule has 100 valence electrons. The van der Waals surface area contributed by atoms with E-state index in [4.69, 9.17) is 0 Å². The summed E-state index contributed by atoms with van der Waals surface area (Å²) >= 11 is 1.47. The Hall–Kier alpha value is -0.260. The quantitative estimate of drug-likeness (QED) is 0.746. The second-order valence-corrected chi connectivity index (χ2v) is 5.48. The molecule has 1 heterocycles. The minimum atomic E-state index is 0.255. The first-order valence-corrected chi connectivity index (χ1v) is 7.48. The fourth-order valence-corrected chi connectivity index (χ4v) is 2.77. The Morgan fingerprint density at radius 2 is 1.76 bits per heavy atom. The Bertz CT molecular complexity index is 226. The van der Waals surface area contributed by atoms with Gasteiger partial charge >= 0.3 is 0 Å². The zero-order valence-corrected chi connectivity index (χ0v) is 12.1. The third kappa shape index (κ3) is 5.27. The third-order valence-corrected chi connectivity index (χ3v) is 4.18. The first-order valence-electron chi connectivity index (χ1n) is 6.50.